The van der Waals surface area contributed by atoms with Crippen molar-refractivity contribution in [3.8, 4) is 0 Å². The normalized spacial score (nSPS) is 15.7. The van der Waals surface area contributed by atoms with E-state index < -0.39 is 38.4 Å². The number of ether oxygens (including phenoxy) is 1. The van der Waals surface area contributed by atoms with Crippen LogP contribution in [0, 0.1) is 10.1 Å². The molecule has 176 valence electrons. The average Bonchev–Trinajstić information content (AvgIpc) is 2.79. The summed E-state index contributed by atoms with van der Waals surface area (Å²) < 4.78 is 28.8. The van der Waals surface area contributed by atoms with Gasteiger partial charge in [-0.15, -0.1) is 0 Å². The number of nitro benzene ring substituents is 1. The van der Waals surface area contributed by atoms with E-state index in [0.717, 1.165) is 24.5 Å². The molecule has 10 nitrogen and oxygen atoms in total. The number of halogens is 1. The molecular formula is C21H22ClN3O7S. The molecule has 0 radical (unpaired) electrons. The van der Waals surface area contributed by atoms with Crippen LogP contribution in [0.15, 0.2) is 47.4 Å². The van der Waals surface area contributed by atoms with Crippen LogP contribution in [-0.4, -0.2) is 74.6 Å². The van der Waals surface area contributed by atoms with Gasteiger partial charge in [-0.3, -0.25) is 19.8 Å². The van der Waals surface area contributed by atoms with Gasteiger partial charge in [0.05, 0.1) is 16.9 Å². The quantitative estimate of drug-likeness (QED) is 0.339. The maximum absolute atomic E-state index is 13.0. The Bertz CT molecular complexity index is 1190. The largest absolute Gasteiger partial charge is 0.468 e. The van der Waals surface area contributed by atoms with Crippen LogP contribution in [0.3, 0.4) is 0 Å². The highest BCUT2D eigenvalue weighted by atomic mass is 35.5. The second-order valence-corrected chi connectivity index (χ2v) is 9.94. The number of nitro groups is 1. The van der Waals surface area contributed by atoms with Gasteiger partial charge in [-0.05, 0) is 17.7 Å². The van der Waals surface area contributed by atoms with E-state index >= 15 is 0 Å². The van der Waals surface area contributed by atoms with Crippen molar-refractivity contribution in [1.82, 2.24) is 9.80 Å². The fourth-order valence-electron chi connectivity index (χ4n) is 3.67. The number of carbonyl (C=O) groups is 2. The molecule has 3 rings (SSSR count). The number of rotatable bonds is 6. The molecule has 0 bridgehead atoms. The first kappa shape index (κ1) is 24.6. The lowest BCUT2D eigenvalue weighted by Gasteiger charge is -2.38. The summed E-state index contributed by atoms with van der Waals surface area (Å²) in [7, 11) is -2.47. The van der Waals surface area contributed by atoms with Crippen molar-refractivity contribution < 1.29 is 27.7 Å². The summed E-state index contributed by atoms with van der Waals surface area (Å²) in [5.74, 6) is -1.02. The molecule has 1 saturated heterocycles. The highest BCUT2D eigenvalue weighted by Crippen LogP contribution is 2.30. The molecule has 1 amide bonds. The Hall–Kier alpha value is -3.02. The monoisotopic (exact) mass is 495 g/mol. The maximum atomic E-state index is 13.0. The molecule has 0 aliphatic carbocycles. The number of hydrogen-bond donors (Lipinski definition) is 0. The second-order valence-electron chi connectivity index (χ2n) is 7.52. The van der Waals surface area contributed by atoms with Gasteiger partial charge in [0.25, 0.3) is 11.6 Å². The van der Waals surface area contributed by atoms with Gasteiger partial charge in [-0.25, -0.2) is 13.2 Å². The van der Waals surface area contributed by atoms with Gasteiger partial charge in [0.15, 0.2) is 9.84 Å². The molecule has 0 saturated carbocycles. The van der Waals surface area contributed by atoms with Gasteiger partial charge < -0.3 is 9.64 Å². The molecule has 0 spiro atoms. The van der Waals surface area contributed by atoms with Crippen molar-refractivity contribution in [3.05, 3.63) is 68.7 Å². The molecule has 2 aromatic carbocycles. The second kappa shape index (κ2) is 9.86. The van der Waals surface area contributed by atoms with Crippen LogP contribution >= 0.6 is 11.6 Å². The molecular weight excluding hydrogens is 474 g/mol. The van der Waals surface area contributed by atoms with Gasteiger partial charge in [0, 0.05) is 55.2 Å². The number of nitrogens with zero attached hydrogens (tertiary/aromatic N) is 3. The van der Waals surface area contributed by atoms with Gasteiger partial charge >= 0.3 is 5.97 Å². The van der Waals surface area contributed by atoms with Crippen molar-refractivity contribution >= 4 is 39.0 Å². The third-order valence-corrected chi connectivity index (χ3v) is 6.80. The van der Waals surface area contributed by atoms with Crippen molar-refractivity contribution in [2.45, 2.75) is 10.9 Å². The molecule has 2 aromatic rings. The topological polar surface area (TPSA) is 127 Å². The molecule has 1 heterocycles. The summed E-state index contributed by atoms with van der Waals surface area (Å²) >= 11 is 6.29. The number of amides is 1. The molecule has 1 fully saturated rings. The predicted octanol–water partition coefficient (Wildman–Crippen LogP) is 2.32. The van der Waals surface area contributed by atoms with E-state index in [0.29, 0.717) is 23.7 Å². The number of piperazine rings is 1. The van der Waals surface area contributed by atoms with E-state index in [9.17, 15) is 28.1 Å². The highest BCUT2D eigenvalue weighted by molar-refractivity contribution is 7.90. The Kier molecular flexibility index (Phi) is 7.35. The van der Waals surface area contributed by atoms with E-state index in [4.69, 9.17) is 16.3 Å². The van der Waals surface area contributed by atoms with E-state index in [1.165, 1.54) is 12.0 Å². The minimum absolute atomic E-state index is 0.0892. The Balaban J connectivity index is 1.82. The minimum atomic E-state index is -3.76. The third kappa shape index (κ3) is 5.49. The number of non-ortho nitro benzene ring substituents is 1. The smallest absolute Gasteiger partial charge is 0.327 e. The molecule has 33 heavy (non-hydrogen) atoms. The molecule has 0 N–H and O–H groups in total. The van der Waals surface area contributed by atoms with Gasteiger partial charge in [0.2, 0.25) is 0 Å². The number of benzene rings is 2. The van der Waals surface area contributed by atoms with Crippen LogP contribution in [-0.2, 0) is 19.4 Å². The Morgan fingerprint density at radius 2 is 1.76 bits per heavy atom. The van der Waals surface area contributed by atoms with E-state index in [-0.39, 0.29) is 23.5 Å². The molecule has 1 atom stereocenters. The molecule has 1 aliphatic rings. The van der Waals surface area contributed by atoms with Gasteiger partial charge in [0.1, 0.15) is 6.04 Å². The summed E-state index contributed by atoms with van der Waals surface area (Å²) in [6.07, 6.45) is 0.917. The number of sulfone groups is 1. The molecule has 1 unspecified atom stereocenters. The first-order chi connectivity index (χ1) is 15.5. The first-order valence-electron chi connectivity index (χ1n) is 9.88. The van der Waals surface area contributed by atoms with Crippen LogP contribution in [0.25, 0.3) is 0 Å². The third-order valence-electron chi connectivity index (χ3n) is 5.37. The highest BCUT2D eigenvalue weighted by Gasteiger charge is 2.34. The van der Waals surface area contributed by atoms with Crippen molar-refractivity contribution in [3.63, 3.8) is 0 Å². The first-order valence-corrected chi connectivity index (χ1v) is 12.1. The molecule has 0 aromatic heterocycles. The van der Waals surface area contributed by atoms with Crippen LogP contribution in [0.2, 0.25) is 5.02 Å². The summed E-state index contributed by atoms with van der Waals surface area (Å²) in [6.45, 7) is 1.05. The maximum Gasteiger partial charge on any atom is 0.327 e. The van der Waals surface area contributed by atoms with Crippen LogP contribution in [0.4, 0.5) is 5.69 Å². The van der Waals surface area contributed by atoms with Crippen molar-refractivity contribution in [2.24, 2.45) is 0 Å². The lowest BCUT2D eigenvalue weighted by molar-refractivity contribution is -0.385. The zero-order valence-corrected chi connectivity index (χ0v) is 19.5. The molecule has 12 heteroatoms. The SMILES string of the molecule is COC(=O)C(c1ccccc1Cl)N1CCN(C(=O)c2cc([N+](=O)[O-])cc(S(C)(=O)=O)c2)CC1. The summed E-state index contributed by atoms with van der Waals surface area (Å²) in [4.78, 5) is 39.0. The van der Waals surface area contributed by atoms with Crippen LogP contribution in [0.5, 0.6) is 0 Å². The number of carbonyl (C=O) groups excluding carboxylic acids is 2. The van der Waals surface area contributed by atoms with Gasteiger partial charge in [-0.1, -0.05) is 29.8 Å². The Morgan fingerprint density at radius 1 is 1.12 bits per heavy atom. The standard InChI is InChI=1S/C21H22ClN3O7S/c1-32-21(27)19(17-5-3-4-6-18(17)22)23-7-9-24(10-8-23)20(26)14-11-15(25(28)29)13-16(12-14)33(2,30)31/h3-6,11-13,19H,7-10H2,1-2H3. The summed E-state index contributed by atoms with van der Waals surface area (Å²) in [6, 6.07) is 9.29. The summed E-state index contributed by atoms with van der Waals surface area (Å²) in [5, 5.41) is 11.6. The van der Waals surface area contributed by atoms with Crippen LogP contribution in [0.1, 0.15) is 22.0 Å². The van der Waals surface area contributed by atoms with Crippen molar-refractivity contribution in [2.75, 3.05) is 39.5 Å². The number of hydrogen-bond acceptors (Lipinski definition) is 8. The van der Waals surface area contributed by atoms with Crippen LogP contribution < -0.4 is 0 Å². The fourth-order valence-corrected chi connectivity index (χ4v) is 4.59. The van der Waals surface area contributed by atoms with E-state index in [1.807, 2.05) is 4.90 Å². The summed E-state index contributed by atoms with van der Waals surface area (Å²) in [5.41, 5.74) is 0.0142. The van der Waals surface area contributed by atoms with E-state index in [1.54, 1.807) is 24.3 Å². The fraction of sp³-hybridized carbons (Fsp3) is 0.333. The van der Waals surface area contributed by atoms with Crippen molar-refractivity contribution in [1.29, 1.82) is 0 Å². The molecule has 1 aliphatic heterocycles. The average molecular weight is 496 g/mol. The zero-order chi connectivity index (χ0) is 24.3. The van der Waals surface area contributed by atoms with Gasteiger partial charge in [-0.2, -0.15) is 0 Å². The number of esters is 1. The number of methoxy groups -OCH3 is 1. The zero-order valence-electron chi connectivity index (χ0n) is 17.9. The minimum Gasteiger partial charge on any atom is -0.468 e. The lowest BCUT2D eigenvalue weighted by Crippen LogP contribution is -2.51. The Morgan fingerprint density at radius 3 is 2.30 bits per heavy atom. The Labute approximate surface area is 195 Å². The van der Waals surface area contributed by atoms with E-state index in [2.05, 4.69) is 0 Å². The predicted molar refractivity (Wildman–Crippen MR) is 120 cm³/mol. The lowest BCUT2D eigenvalue weighted by atomic mass is 10.0.